The van der Waals surface area contributed by atoms with Crippen LogP contribution in [0.5, 0.6) is 5.75 Å². The number of H-pyrrole nitrogens is 1. The molecule has 1 unspecified atom stereocenters. The number of para-hydroxylation sites is 1. The number of aromatic nitrogens is 1. The van der Waals surface area contributed by atoms with Crippen molar-refractivity contribution in [3.63, 3.8) is 0 Å². The van der Waals surface area contributed by atoms with Crippen molar-refractivity contribution in [2.24, 2.45) is 5.73 Å². The Morgan fingerprint density at radius 2 is 2.17 bits per heavy atom. The Hall–Kier alpha value is -2.40. The first-order chi connectivity index (χ1) is 11.0. The van der Waals surface area contributed by atoms with Crippen molar-refractivity contribution < 1.29 is 5.11 Å². The van der Waals surface area contributed by atoms with Gasteiger partial charge in [-0.15, -0.1) is 0 Å². The molecule has 3 rings (SSSR count). The summed E-state index contributed by atoms with van der Waals surface area (Å²) < 4.78 is 0. The second-order valence-electron chi connectivity index (χ2n) is 6.12. The van der Waals surface area contributed by atoms with Gasteiger partial charge in [0.15, 0.2) is 0 Å². The topological polar surface area (TPSA) is 91.3 Å². The Kier molecular flexibility index (Phi) is 4.05. The lowest BCUT2D eigenvalue weighted by molar-refractivity contribution is 0.224. The van der Waals surface area contributed by atoms with Crippen molar-refractivity contribution in [2.75, 3.05) is 19.3 Å². The molecular weight excluding hydrogens is 288 g/mol. The number of hydrogen-bond donors (Lipinski definition) is 4. The van der Waals surface area contributed by atoms with Crippen LogP contribution in [0.3, 0.4) is 0 Å². The fourth-order valence-corrected chi connectivity index (χ4v) is 3.47. The van der Waals surface area contributed by atoms with E-state index in [1.807, 2.05) is 12.1 Å². The molecule has 0 saturated heterocycles. The van der Waals surface area contributed by atoms with E-state index < -0.39 is 0 Å². The third-order valence-electron chi connectivity index (χ3n) is 4.67. The second-order valence-corrected chi connectivity index (χ2v) is 6.12. The van der Waals surface area contributed by atoms with Crippen molar-refractivity contribution in [2.45, 2.75) is 25.8 Å². The molecular formula is C18H24N4O. The zero-order chi connectivity index (χ0) is 16.6. The average Bonchev–Trinajstić information content (AvgIpc) is 2.84. The summed E-state index contributed by atoms with van der Waals surface area (Å²) in [7, 11) is 2.14. The number of hydrogen-bond acceptors (Lipinski definition) is 4. The van der Waals surface area contributed by atoms with Crippen LogP contribution in [0.4, 0.5) is 5.82 Å². The zero-order valence-corrected chi connectivity index (χ0v) is 13.6. The molecule has 0 bridgehead atoms. The van der Waals surface area contributed by atoms with Gasteiger partial charge in [-0.1, -0.05) is 19.1 Å². The molecule has 0 radical (unpaired) electrons. The van der Waals surface area contributed by atoms with E-state index in [-0.39, 0.29) is 5.75 Å². The summed E-state index contributed by atoms with van der Waals surface area (Å²) in [6, 6.07) is 7.40. The van der Waals surface area contributed by atoms with E-state index >= 15 is 0 Å². The number of fused-ring (bicyclic) bond motifs is 1. The van der Waals surface area contributed by atoms with E-state index in [9.17, 15) is 5.11 Å². The molecule has 1 aromatic carbocycles. The molecule has 0 saturated carbocycles. The summed E-state index contributed by atoms with van der Waals surface area (Å²) >= 11 is 0. The van der Waals surface area contributed by atoms with Crippen LogP contribution in [0.25, 0.3) is 11.8 Å². The van der Waals surface area contributed by atoms with Gasteiger partial charge in [0, 0.05) is 41.5 Å². The van der Waals surface area contributed by atoms with Crippen LogP contribution in [-0.4, -0.2) is 28.6 Å². The van der Waals surface area contributed by atoms with Crippen molar-refractivity contribution in [3.05, 3.63) is 46.6 Å². The number of anilines is 1. The lowest BCUT2D eigenvalue weighted by atomic mass is 9.93. The van der Waals surface area contributed by atoms with E-state index in [1.165, 1.54) is 11.3 Å². The Morgan fingerprint density at radius 1 is 1.43 bits per heavy atom. The predicted octanol–water partition coefficient (Wildman–Crippen LogP) is 2.70. The number of nitrogens with two attached hydrogens (primary N) is 2. The molecule has 0 amide bonds. The fraction of sp³-hybridized carbons (Fsp3) is 0.333. The van der Waals surface area contributed by atoms with Gasteiger partial charge in [0.2, 0.25) is 0 Å². The SMILES string of the molecule is CCC1c2c([nH]c(N)c2/C=C(\N)c2ccccc2O)CCN1C. The maximum atomic E-state index is 9.99. The van der Waals surface area contributed by atoms with Gasteiger partial charge in [0.25, 0.3) is 0 Å². The Labute approximate surface area is 136 Å². The highest BCUT2D eigenvalue weighted by Gasteiger charge is 2.28. The van der Waals surface area contributed by atoms with E-state index in [1.54, 1.807) is 18.2 Å². The lowest BCUT2D eigenvalue weighted by Crippen LogP contribution is -2.31. The van der Waals surface area contributed by atoms with E-state index in [0.29, 0.717) is 23.1 Å². The van der Waals surface area contributed by atoms with Gasteiger partial charge in [-0.3, -0.25) is 4.90 Å². The number of nitrogens with one attached hydrogen (secondary N) is 1. The molecule has 23 heavy (non-hydrogen) atoms. The van der Waals surface area contributed by atoms with Gasteiger partial charge < -0.3 is 21.6 Å². The summed E-state index contributed by atoms with van der Waals surface area (Å²) in [5.74, 6) is 0.815. The first-order valence-electron chi connectivity index (χ1n) is 7.98. The summed E-state index contributed by atoms with van der Waals surface area (Å²) in [5.41, 5.74) is 17.0. The van der Waals surface area contributed by atoms with Crippen LogP contribution >= 0.6 is 0 Å². The number of benzene rings is 1. The highest BCUT2D eigenvalue weighted by atomic mass is 16.3. The molecule has 1 atom stereocenters. The summed E-state index contributed by atoms with van der Waals surface area (Å²) in [6.07, 6.45) is 3.84. The molecule has 1 aromatic heterocycles. The molecule has 2 heterocycles. The molecule has 1 aliphatic heterocycles. The van der Waals surface area contributed by atoms with E-state index in [2.05, 4.69) is 23.9 Å². The Morgan fingerprint density at radius 3 is 2.87 bits per heavy atom. The van der Waals surface area contributed by atoms with Gasteiger partial charge in [-0.2, -0.15) is 0 Å². The van der Waals surface area contributed by atoms with Crippen LogP contribution in [0.15, 0.2) is 24.3 Å². The van der Waals surface area contributed by atoms with Crippen molar-refractivity contribution in [1.82, 2.24) is 9.88 Å². The normalized spacial score (nSPS) is 18.9. The lowest BCUT2D eigenvalue weighted by Gasteiger charge is -2.32. The molecule has 0 fully saturated rings. The highest BCUT2D eigenvalue weighted by Crippen LogP contribution is 2.38. The number of nitrogen functional groups attached to an aromatic ring is 1. The number of aromatic amines is 1. The van der Waals surface area contributed by atoms with E-state index in [4.69, 9.17) is 11.5 Å². The Bertz CT molecular complexity index is 747. The zero-order valence-electron chi connectivity index (χ0n) is 13.6. The first kappa shape index (κ1) is 15.5. The molecule has 0 spiro atoms. The number of rotatable bonds is 3. The molecule has 6 N–H and O–H groups in total. The fourth-order valence-electron chi connectivity index (χ4n) is 3.47. The number of phenolic OH excluding ortho intramolecular Hbond substituents is 1. The standard InChI is InChI=1S/C18H24N4O/c1-3-15-17-12(18(20)21-14(17)8-9-22(15)2)10-13(19)11-6-4-5-7-16(11)23/h4-7,10,15,21,23H,3,8-9,19-20H2,1-2H3/b13-10-. The Balaban J connectivity index is 2.09. The minimum absolute atomic E-state index is 0.174. The largest absolute Gasteiger partial charge is 0.507 e. The minimum Gasteiger partial charge on any atom is -0.507 e. The summed E-state index contributed by atoms with van der Waals surface area (Å²) in [4.78, 5) is 5.66. The van der Waals surface area contributed by atoms with Crippen LogP contribution in [0, 0.1) is 0 Å². The van der Waals surface area contributed by atoms with Crippen molar-refractivity contribution >= 4 is 17.6 Å². The summed E-state index contributed by atoms with van der Waals surface area (Å²) in [6.45, 7) is 3.20. The number of phenols is 1. The first-order valence-corrected chi connectivity index (χ1v) is 7.98. The second kappa shape index (κ2) is 6.01. The number of nitrogens with zero attached hydrogens (tertiary/aromatic N) is 1. The van der Waals surface area contributed by atoms with Crippen molar-refractivity contribution in [3.8, 4) is 5.75 Å². The molecule has 1 aliphatic rings. The molecule has 0 aliphatic carbocycles. The highest BCUT2D eigenvalue weighted by molar-refractivity contribution is 5.86. The van der Waals surface area contributed by atoms with Gasteiger partial charge >= 0.3 is 0 Å². The third-order valence-corrected chi connectivity index (χ3v) is 4.67. The van der Waals surface area contributed by atoms with Gasteiger partial charge in [0.1, 0.15) is 11.6 Å². The maximum absolute atomic E-state index is 9.99. The average molecular weight is 312 g/mol. The maximum Gasteiger partial charge on any atom is 0.124 e. The monoisotopic (exact) mass is 312 g/mol. The third kappa shape index (κ3) is 2.68. The van der Waals surface area contributed by atoms with Crippen LogP contribution in [0.1, 0.15) is 41.8 Å². The van der Waals surface area contributed by atoms with E-state index in [0.717, 1.165) is 24.9 Å². The number of aromatic hydroxyl groups is 1. The number of likely N-dealkylation sites (N-methyl/N-ethyl adjacent to an activating group) is 1. The molecule has 5 heteroatoms. The van der Waals surface area contributed by atoms with Gasteiger partial charge in [0.05, 0.1) is 0 Å². The molecule has 122 valence electrons. The van der Waals surface area contributed by atoms with Crippen molar-refractivity contribution in [1.29, 1.82) is 0 Å². The minimum atomic E-state index is 0.174. The van der Waals surface area contributed by atoms with Crippen LogP contribution < -0.4 is 11.5 Å². The van der Waals surface area contributed by atoms with Gasteiger partial charge in [-0.25, -0.2) is 0 Å². The molecule has 2 aromatic rings. The smallest absolute Gasteiger partial charge is 0.124 e. The van der Waals surface area contributed by atoms with Crippen LogP contribution in [-0.2, 0) is 6.42 Å². The summed E-state index contributed by atoms with van der Waals surface area (Å²) in [5, 5.41) is 9.99. The van der Waals surface area contributed by atoms with Crippen LogP contribution in [0.2, 0.25) is 0 Å². The predicted molar refractivity (Wildman–Crippen MR) is 94.7 cm³/mol. The van der Waals surface area contributed by atoms with Gasteiger partial charge in [-0.05, 0) is 37.2 Å². The molecule has 5 nitrogen and oxygen atoms in total. The quantitative estimate of drug-likeness (QED) is 0.701.